The number of amides is 1. The van der Waals surface area contributed by atoms with E-state index in [1.807, 2.05) is 11.0 Å². The standard InChI is InChI=1S/C18H17ClFN3O3/c19-16-9-15(23(25)26)6-7-17(16)21-18(24)11-22(14-4-5-14)10-12-2-1-3-13(20)8-12/h1-3,6-9,14H,4-5,10-11H2,(H,21,24). The van der Waals surface area contributed by atoms with Crippen molar-refractivity contribution in [3.8, 4) is 0 Å². The first kappa shape index (κ1) is 18.3. The summed E-state index contributed by atoms with van der Waals surface area (Å²) in [5.74, 6) is -0.579. The molecule has 0 atom stereocenters. The van der Waals surface area contributed by atoms with E-state index in [-0.39, 0.29) is 29.0 Å². The quantitative estimate of drug-likeness (QED) is 0.584. The number of benzene rings is 2. The van der Waals surface area contributed by atoms with Gasteiger partial charge in [-0.25, -0.2) is 4.39 Å². The molecule has 0 radical (unpaired) electrons. The Morgan fingerprint density at radius 3 is 2.69 bits per heavy atom. The van der Waals surface area contributed by atoms with Crippen LogP contribution < -0.4 is 5.32 Å². The monoisotopic (exact) mass is 377 g/mol. The van der Waals surface area contributed by atoms with Crippen molar-refractivity contribution in [2.45, 2.75) is 25.4 Å². The Balaban J connectivity index is 1.64. The van der Waals surface area contributed by atoms with Crippen molar-refractivity contribution < 1.29 is 14.1 Å². The van der Waals surface area contributed by atoms with Crippen molar-refractivity contribution in [3.63, 3.8) is 0 Å². The van der Waals surface area contributed by atoms with Gasteiger partial charge in [0.2, 0.25) is 5.91 Å². The molecule has 3 rings (SSSR count). The second-order valence-electron chi connectivity index (χ2n) is 6.24. The minimum Gasteiger partial charge on any atom is -0.324 e. The number of carbonyl (C=O) groups is 1. The summed E-state index contributed by atoms with van der Waals surface area (Å²) in [5, 5.41) is 13.5. The molecule has 6 nitrogen and oxygen atoms in total. The topological polar surface area (TPSA) is 75.5 Å². The van der Waals surface area contributed by atoms with E-state index in [2.05, 4.69) is 5.32 Å². The molecule has 0 aliphatic heterocycles. The average Bonchev–Trinajstić information content (AvgIpc) is 3.41. The van der Waals surface area contributed by atoms with Gasteiger partial charge >= 0.3 is 0 Å². The fourth-order valence-electron chi connectivity index (χ4n) is 2.72. The number of carbonyl (C=O) groups excluding carboxylic acids is 1. The van der Waals surface area contributed by atoms with Crippen molar-refractivity contribution in [2.75, 3.05) is 11.9 Å². The van der Waals surface area contributed by atoms with Crippen LogP contribution in [0.3, 0.4) is 0 Å². The van der Waals surface area contributed by atoms with E-state index in [1.165, 1.54) is 30.3 Å². The first-order valence-electron chi connectivity index (χ1n) is 8.14. The molecule has 8 heteroatoms. The Labute approximate surface area is 154 Å². The summed E-state index contributed by atoms with van der Waals surface area (Å²) in [6.07, 6.45) is 2.00. The minimum absolute atomic E-state index is 0.107. The number of hydrogen-bond acceptors (Lipinski definition) is 4. The number of nitro benzene ring substituents is 1. The van der Waals surface area contributed by atoms with Crippen molar-refractivity contribution in [3.05, 3.63) is 69.0 Å². The highest BCUT2D eigenvalue weighted by atomic mass is 35.5. The van der Waals surface area contributed by atoms with E-state index in [0.29, 0.717) is 18.3 Å². The van der Waals surface area contributed by atoms with Crippen LogP contribution in [-0.2, 0) is 11.3 Å². The van der Waals surface area contributed by atoms with E-state index in [9.17, 15) is 19.3 Å². The molecule has 1 amide bonds. The summed E-state index contributed by atoms with van der Waals surface area (Å²) in [7, 11) is 0. The molecule has 26 heavy (non-hydrogen) atoms. The number of halogens is 2. The van der Waals surface area contributed by atoms with Crippen LogP contribution in [0.4, 0.5) is 15.8 Å². The van der Waals surface area contributed by atoms with E-state index < -0.39 is 4.92 Å². The summed E-state index contributed by atoms with van der Waals surface area (Å²) in [5.41, 5.74) is 0.987. The molecule has 1 fully saturated rings. The van der Waals surface area contributed by atoms with Crippen LogP contribution in [0.25, 0.3) is 0 Å². The van der Waals surface area contributed by atoms with Crippen LogP contribution in [-0.4, -0.2) is 28.3 Å². The van der Waals surface area contributed by atoms with E-state index in [1.54, 1.807) is 6.07 Å². The molecule has 1 aliphatic carbocycles. The van der Waals surface area contributed by atoms with Gasteiger partial charge < -0.3 is 5.32 Å². The molecular weight excluding hydrogens is 361 g/mol. The first-order chi connectivity index (χ1) is 12.4. The Bertz CT molecular complexity index is 842. The van der Waals surface area contributed by atoms with Crippen LogP contribution in [0, 0.1) is 15.9 Å². The lowest BCUT2D eigenvalue weighted by molar-refractivity contribution is -0.384. The van der Waals surface area contributed by atoms with Crippen molar-refractivity contribution in [2.24, 2.45) is 0 Å². The largest absolute Gasteiger partial charge is 0.324 e. The minimum atomic E-state index is -0.550. The smallest absolute Gasteiger partial charge is 0.271 e. The molecular formula is C18H17ClFN3O3. The molecule has 1 saturated carbocycles. The van der Waals surface area contributed by atoms with Crippen LogP contribution in [0.1, 0.15) is 18.4 Å². The molecule has 136 valence electrons. The van der Waals surface area contributed by atoms with Gasteiger partial charge in [-0.05, 0) is 36.6 Å². The molecule has 2 aromatic rings. The van der Waals surface area contributed by atoms with Gasteiger partial charge in [0, 0.05) is 24.7 Å². The lowest BCUT2D eigenvalue weighted by atomic mass is 10.2. The zero-order valence-corrected chi connectivity index (χ0v) is 14.6. The summed E-state index contributed by atoms with van der Waals surface area (Å²) in [4.78, 5) is 24.5. The van der Waals surface area contributed by atoms with Gasteiger partial charge in [-0.3, -0.25) is 19.8 Å². The summed E-state index contributed by atoms with van der Waals surface area (Å²) < 4.78 is 13.4. The molecule has 0 aromatic heterocycles. The Kier molecular flexibility index (Phi) is 5.49. The third-order valence-electron chi connectivity index (χ3n) is 4.12. The lowest BCUT2D eigenvalue weighted by Crippen LogP contribution is -2.34. The number of non-ortho nitro benzene ring substituents is 1. The molecule has 0 bridgehead atoms. The first-order valence-corrected chi connectivity index (χ1v) is 8.52. The molecule has 1 aliphatic rings. The Hall–Kier alpha value is -2.51. The normalized spacial score (nSPS) is 13.7. The molecule has 0 unspecified atom stereocenters. The summed E-state index contributed by atoms with van der Waals surface area (Å²) >= 11 is 6.00. The highest BCUT2D eigenvalue weighted by Crippen LogP contribution is 2.29. The van der Waals surface area contributed by atoms with Gasteiger partial charge in [0.25, 0.3) is 5.69 Å². The third-order valence-corrected chi connectivity index (χ3v) is 4.43. The zero-order chi connectivity index (χ0) is 18.7. The van der Waals surface area contributed by atoms with Gasteiger partial charge in [0.1, 0.15) is 5.82 Å². The van der Waals surface area contributed by atoms with E-state index >= 15 is 0 Å². The third kappa shape index (κ3) is 4.77. The second kappa shape index (κ2) is 7.80. The molecule has 0 heterocycles. The molecule has 0 spiro atoms. The van der Waals surface area contributed by atoms with Crippen LogP contribution in [0.2, 0.25) is 5.02 Å². The fourth-order valence-corrected chi connectivity index (χ4v) is 2.94. The Morgan fingerprint density at radius 1 is 1.31 bits per heavy atom. The van der Waals surface area contributed by atoms with Gasteiger partial charge in [0.15, 0.2) is 0 Å². The van der Waals surface area contributed by atoms with Crippen LogP contribution in [0.5, 0.6) is 0 Å². The van der Waals surface area contributed by atoms with Gasteiger partial charge in [-0.1, -0.05) is 23.7 Å². The highest BCUT2D eigenvalue weighted by molar-refractivity contribution is 6.34. The average molecular weight is 378 g/mol. The number of rotatable bonds is 7. The van der Waals surface area contributed by atoms with Crippen molar-refractivity contribution in [1.29, 1.82) is 0 Å². The van der Waals surface area contributed by atoms with E-state index in [4.69, 9.17) is 11.6 Å². The maximum atomic E-state index is 13.4. The van der Waals surface area contributed by atoms with Crippen LogP contribution in [0.15, 0.2) is 42.5 Å². The number of anilines is 1. The summed E-state index contributed by atoms with van der Waals surface area (Å²) in [6, 6.07) is 10.5. The van der Waals surface area contributed by atoms with Gasteiger partial charge in [-0.2, -0.15) is 0 Å². The van der Waals surface area contributed by atoms with Gasteiger partial charge in [-0.15, -0.1) is 0 Å². The fraction of sp³-hybridized carbons (Fsp3) is 0.278. The molecule has 0 saturated heterocycles. The van der Waals surface area contributed by atoms with Crippen molar-refractivity contribution >= 4 is 28.9 Å². The second-order valence-corrected chi connectivity index (χ2v) is 6.64. The number of nitrogens with one attached hydrogen (secondary N) is 1. The van der Waals surface area contributed by atoms with Gasteiger partial charge in [0.05, 0.1) is 22.2 Å². The predicted octanol–water partition coefficient (Wildman–Crippen LogP) is 3.99. The zero-order valence-electron chi connectivity index (χ0n) is 13.8. The maximum absolute atomic E-state index is 13.4. The Morgan fingerprint density at radius 2 is 2.08 bits per heavy atom. The highest BCUT2D eigenvalue weighted by Gasteiger charge is 2.30. The van der Waals surface area contributed by atoms with Crippen molar-refractivity contribution in [1.82, 2.24) is 4.90 Å². The number of nitro groups is 1. The summed E-state index contributed by atoms with van der Waals surface area (Å²) in [6.45, 7) is 0.609. The number of nitrogens with zero attached hydrogens (tertiary/aromatic N) is 2. The number of hydrogen-bond donors (Lipinski definition) is 1. The molecule has 1 N–H and O–H groups in total. The van der Waals surface area contributed by atoms with Crippen LogP contribution >= 0.6 is 11.6 Å². The predicted molar refractivity (Wildman–Crippen MR) is 96.6 cm³/mol. The SMILES string of the molecule is O=C(CN(Cc1cccc(F)c1)C1CC1)Nc1ccc([N+](=O)[O-])cc1Cl. The maximum Gasteiger partial charge on any atom is 0.271 e. The van der Waals surface area contributed by atoms with E-state index in [0.717, 1.165) is 18.4 Å². The lowest BCUT2D eigenvalue weighted by Gasteiger charge is -2.21. The molecule has 2 aromatic carbocycles.